The Balaban J connectivity index is 2.63. The van der Waals surface area contributed by atoms with Crippen molar-refractivity contribution in [2.24, 2.45) is 5.41 Å². The van der Waals surface area contributed by atoms with E-state index in [0.29, 0.717) is 13.2 Å². The Kier molecular flexibility index (Phi) is 5.17. The number of carboxylic acids is 1. The summed E-state index contributed by atoms with van der Waals surface area (Å²) >= 11 is 0. The van der Waals surface area contributed by atoms with E-state index in [1.807, 2.05) is 0 Å². The van der Waals surface area contributed by atoms with Crippen LogP contribution in [0, 0.1) is 5.41 Å². The van der Waals surface area contributed by atoms with Gasteiger partial charge in [0.05, 0.1) is 0 Å². The highest BCUT2D eigenvalue weighted by Crippen LogP contribution is 2.20. The number of aliphatic carboxylic acids is 1. The van der Waals surface area contributed by atoms with Gasteiger partial charge in [-0.15, -0.1) is 0 Å². The minimum absolute atomic E-state index is 0.114. The molecule has 0 aliphatic carbocycles. The molecule has 1 fully saturated rings. The smallest absolute Gasteiger partial charge is 0.326 e. The van der Waals surface area contributed by atoms with Crippen LogP contribution in [0.3, 0.4) is 0 Å². The molecule has 6 nitrogen and oxygen atoms in total. The molecule has 2 N–H and O–H groups in total. The summed E-state index contributed by atoms with van der Waals surface area (Å²) < 4.78 is 5.25. The van der Waals surface area contributed by atoms with Gasteiger partial charge in [-0.1, -0.05) is 20.8 Å². The molecule has 1 unspecified atom stereocenters. The summed E-state index contributed by atoms with van der Waals surface area (Å²) in [5.41, 5.74) is -0.530. The molecule has 1 atom stereocenters. The highest BCUT2D eigenvalue weighted by molar-refractivity contribution is 5.83. The van der Waals surface area contributed by atoms with Gasteiger partial charge in [0.2, 0.25) is 0 Å². The van der Waals surface area contributed by atoms with Crippen molar-refractivity contribution in [1.82, 2.24) is 10.2 Å². The fourth-order valence-corrected chi connectivity index (χ4v) is 2.11. The zero-order chi connectivity index (χ0) is 14.6. The molecule has 0 spiro atoms. The van der Waals surface area contributed by atoms with Crippen molar-refractivity contribution >= 4 is 12.0 Å². The van der Waals surface area contributed by atoms with Gasteiger partial charge in [-0.05, 0) is 18.3 Å². The first-order chi connectivity index (χ1) is 8.73. The Morgan fingerprint density at radius 1 is 1.32 bits per heavy atom. The summed E-state index contributed by atoms with van der Waals surface area (Å²) in [4.78, 5) is 24.9. The summed E-state index contributed by atoms with van der Waals surface area (Å²) in [5.74, 6) is -1.01. The van der Waals surface area contributed by atoms with Crippen LogP contribution in [0.1, 0.15) is 33.6 Å². The van der Waals surface area contributed by atoms with Crippen LogP contribution >= 0.6 is 0 Å². The molecule has 6 heteroatoms. The van der Waals surface area contributed by atoms with Crippen LogP contribution in [-0.4, -0.2) is 54.4 Å². The maximum absolute atomic E-state index is 12.1. The molecule has 1 heterocycles. The van der Waals surface area contributed by atoms with E-state index in [-0.39, 0.29) is 12.1 Å². The van der Waals surface area contributed by atoms with Gasteiger partial charge in [0.25, 0.3) is 0 Å². The Labute approximate surface area is 114 Å². The van der Waals surface area contributed by atoms with Crippen molar-refractivity contribution < 1.29 is 19.4 Å². The molecule has 0 aromatic carbocycles. The minimum Gasteiger partial charge on any atom is -0.480 e. The van der Waals surface area contributed by atoms with Crippen molar-refractivity contribution in [2.45, 2.75) is 45.7 Å². The van der Waals surface area contributed by atoms with Gasteiger partial charge in [-0.2, -0.15) is 0 Å². The monoisotopic (exact) mass is 272 g/mol. The van der Waals surface area contributed by atoms with Crippen molar-refractivity contribution in [3.63, 3.8) is 0 Å². The fraction of sp³-hybridized carbons (Fsp3) is 0.846. The quantitative estimate of drug-likeness (QED) is 0.812. The van der Waals surface area contributed by atoms with Gasteiger partial charge >= 0.3 is 12.0 Å². The maximum Gasteiger partial charge on any atom is 0.326 e. The number of rotatable bonds is 3. The molecular weight excluding hydrogens is 248 g/mol. The number of urea groups is 1. The van der Waals surface area contributed by atoms with Gasteiger partial charge in [-0.3, -0.25) is 0 Å². The summed E-state index contributed by atoms with van der Waals surface area (Å²) in [7, 11) is 1.70. The van der Waals surface area contributed by atoms with E-state index in [9.17, 15) is 14.7 Å². The second-order valence-corrected chi connectivity index (χ2v) is 6.04. The predicted molar refractivity (Wildman–Crippen MR) is 71.0 cm³/mol. The molecule has 0 bridgehead atoms. The molecule has 1 aliphatic heterocycles. The molecule has 1 saturated heterocycles. The lowest BCUT2D eigenvalue weighted by atomic mass is 9.87. The molecule has 0 aromatic heterocycles. The number of hydrogen-bond acceptors (Lipinski definition) is 3. The molecule has 1 rings (SSSR count). The molecule has 19 heavy (non-hydrogen) atoms. The second kappa shape index (κ2) is 6.23. The predicted octanol–water partition coefficient (Wildman–Crippen LogP) is 1.31. The number of nitrogens with one attached hydrogen (secondary N) is 1. The zero-order valence-corrected chi connectivity index (χ0v) is 12.1. The Morgan fingerprint density at radius 2 is 1.84 bits per heavy atom. The van der Waals surface area contributed by atoms with Crippen LogP contribution in [-0.2, 0) is 9.53 Å². The van der Waals surface area contributed by atoms with Gasteiger partial charge in [0, 0.05) is 26.3 Å². The molecule has 1 aliphatic rings. The highest BCUT2D eigenvalue weighted by atomic mass is 16.5. The largest absolute Gasteiger partial charge is 0.480 e. The van der Waals surface area contributed by atoms with Gasteiger partial charge in [-0.25, -0.2) is 9.59 Å². The Bertz CT molecular complexity index is 332. The fourth-order valence-electron chi connectivity index (χ4n) is 2.11. The van der Waals surface area contributed by atoms with Gasteiger partial charge in [0.15, 0.2) is 0 Å². The van der Waals surface area contributed by atoms with E-state index in [1.165, 1.54) is 0 Å². The third-order valence-corrected chi connectivity index (χ3v) is 3.44. The molecule has 0 radical (unpaired) electrons. The first-order valence-corrected chi connectivity index (χ1v) is 6.57. The maximum atomic E-state index is 12.1. The van der Waals surface area contributed by atoms with Gasteiger partial charge < -0.3 is 20.1 Å². The topological polar surface area (TPSA) is 78.9 Å². The number of carbonyl (C=O) groups is 2. The molecular formula is C13H24N2O4. The van der Waals surface area contributed by atoms with Crippen LogP contribution in [0.2, 0.25) is 0 Å². The van der Waals surface area contributed by atoms with Crippen molar-refractivity contribution in [3.05, 3.63) is 0 Å². The molecule has 2 amide bonds. The zero-order valence-electron chi connectivity index (χ0n) is 12.1. The lowest BCUT2D eigenvalue weighted by Crippen LogP contribution is -2.54. The first-order valence-electron chi connectivity index (χ1n) is 6.57. The summed E-state index contributed by atoms with van der Waals surface area (Å²) in [5, 5.41) is 11.8. The number of carboxylic acid groups (broad SMARTS) is 1. The van der Waals surface area contributed by atoms with Crippen LogP contribution in [0.5, 0.6) is 0 Å². The Hall–Kier alpha value is -1.30. The van der Waals surface area contributed by atoms with E-state index in [1.54, 1.807) is 32.7 Å². The Morgan fingerprint density at radius 3 is 2.26 bits per heavy atom. The lowest BCUT2D eigenvalue weighted by molar-refractivity contribution is -0.142. The van der Waals surface area contributed by atoms with E-state index >= 15 is 0 Å². The van der Waals surface area contributed by atoms with E-state index < -0.39 is 17.4 Å². The molecule has 0 aromatic rings. The summed E-state index contributed by atoms with van der Waals surface area (Å²) in [6, 6.07) is -1.13. The van der Waals surface area contributed by atoms with Gasteiger partial charge in [0.1, 0.15) is 6.04 Å². The molecule has 0 saturated carbocycles. The van der Waals surface area contributed by atoms with Crippen LogP contribution in [0.25, 0.3) is 0 Å². The average Bonchev–Trinajstić information content (AvgIpc) is 2.34. The number of hydrogen-bond donors (Lipinski definition) is 2. The number of carbonyl (C=O) groups excluding carboxylic acids is 1. The van der Waals surface area contributed by atoms with Crippen molar-refractivity contribution in [2.75, 3.05) is 20.3 Å². The highest BCUT2D eigenvalue weighted by Gasteiger charge is 2.34. The minimum atomic E-state index is -1.01. The third-order valence-electron chi connectivity index (χ3n) is 3.44. The first kappa shape index (κ1) is 15.8. The lowest BCUT2D eigenvalue weighted by Gasteiger charge is -2.34. The van der Waals surface area contributed by atoms with Crippen molar-refractivity contribution in [3.8, 4) is 0 Å². The normalized spacial score (nSPS) is 18.7. The number of nitrogens with zero attached hydrogens (tertiary/aromatic N) is 1. The number of amides is 2. The summed E-state index contributed by atoms with van der Waals surface area (Å²) in [6.45, 7) is 6.66. The standard InChI is InChI=1S/C13H24N2O4/c1-13(2,3)10(11(16)17)14-12(18)15(4)9-5-7-19-8-6-9/h9-10H,5-8H2,1-4H3,(H,14,18)(H,16,17). The van der Waals surface area contributed by atoms with E-state index in [4.69, 9.17) is 4.74 Å². The summed E-state index contributed by atoms with van der Waals surface area (Å²) in [6.07, 6.45) is 1.58. The number of ether oxygens (including phenoxy) is 1. The second-order valence-electron chi connectivity index (χ2n) is 6.04. The van der Waals surface area contributed by atoms with Crippen LogP contribution in [0.4, 0.5) is 4.79 Å². The van der Waals surface area contributed by atoms with Crippen LogP contribution < -0.4 is 5.32 Å². The van der Waals surface area contributed by atoms with E-state index in [0.717, 1.165) is 12.8 Å². The third kappa shape index (κ3) is 4.38. The SMILES string of the molecule is CN(C(=O)NC(C(=O)O)C(C)(C)C)C1CCOCC1. The van der Waals surface area contributed by atoms with Crippen LogP contribution in [0.15, 0.2) is 0 Å². The molecule has 110 valence electrons. The van der Waals surface area contributed by atoms with E-state index in [2.05, 4.69) is 5.32 Å². The average molecular weight is 272 g/mol. The van der Waals surface area contributed by atoms with Crippen molar-refractivity contribution in [1.29, 1.82) is 0 Å².